The van der Waals surface area contributed by atoms with Gasteiger partial charge in [0.2, 0.25) is 5.88 Å². The van der Waals surface area contributed by atoms with E-state index in [-0.39, 0.29) is 17.6 Å². The number of halogens is 1. The third kappa shape index (κ3) is 5.35. The molecule has 0 radical (unpaired) electrons. The highest BCUT2D eigenvalue weighted by Crippen LogP contribution is 2.43. The summed E-state index contributed by atoms with van der Waals surface area (Å²) in [6.07, 6.45) is 3.35. The highest BCUT2D eigenvalue weighted by atomic mass is 19.1. The van der Waals surface area contributed by atoms with E-state index in [1.54, 1.807) is 42.5 Å². The van der Waals surface area contributed by atoms with Gasteiger partial charge in [-0.05, 0) is 60.9 Å². The summed E-state index contributed by atoms with van der Waals surface area (Å²) in [6.45, 7) is 1.99. The third-order valence-corrected chi connectivity index (χ3v) is 7.56. The van der Waals surface area contributed by atoms with Crippen LogP contribution < -0.4 is 19.9 Å². The molecular formula is C30H29FN4O5. The van der Waals surface area contributed by atoms with Crippen LogP contribution in [0.2, 0.25) is 0 Å². The van der Waals surface area contributed by atoms with Crippen molar-refractivity contribution in [1.29, 1.82) is 0 Å². The fourth-order valence-electron chi connectivity index (χ4n) is 5.64. The van der Waals surface area contributed by atoms with Gasteiger partial charge in [0.25, 0.3) is 0 Å². The molecule has 1 aromatic heterocycles. The molecule has 1 saturated carbocycles. The minimum absolute atomic E-state index is 0.00803. The summed E-state index contributed by atoms with van der Waals surface area (Å²) in [7, 11) is 1.56. The molecule has 2 heterocycles. The van der Waals surface area contributed by atoms with E-state index >= 15 is 0 Å². The second-order valence-corrected chi connectivity index (χ2v) is 10.3. The van der Waals surface area contributed by atoms with Crippen LogP contribution in [0.1, 0.15) is 23.2 Å². The molecule has 0 spiro atoms. The van der Waals surface area contributed by atoms with E-state index in [1.807, 2.05) is 18.2 Å². The number of hydrogen-bond acceptors (Lipinski definition) is 9. The number of carbonyl (C=O) groups excluding carboxylic acids is 1. The summed E-state index contributed by atoms with van der Waals surface area (Å²) >= 11 is 0. The predicted octanol–water partition coefficient (Wildman–Crippen LogP) is 5.26. The highest BCUT2D eigenvalue weighted by Gasteiger charge is 2.42. The van der Waals surface area contributed by atoms with Crippen LogP contribution in [0.5, 0.6) is 23.1 Å². The zero-order valence-electron chi connectivity index (χ0n) is 22.0. The molecule has 3 aromatic carbocycles. The molecule has 6 rings (SSSR count). The summed E-state index contributed by atoms with van der Waals surface area (Å²) in [4.78, 5) is 26.6. The summed E-state index contributed by atoms with van der Waals surface area (Å²) in [6, 6.07) is 16.8. The summed E-state index contributed by atoms with van der Waals surface area (Å²) in [5.41, 5.74) is 7.07. The van der Waals surface area contributed by atoms with Crippen molar-refractivity contribution < 1.29 is 28.2 Å². The number of methoxy groups -OCH3 is 1. The second-order valence-electron chi connectivity index (χ2n) is 10.3. The van der Waals surface area contributed by atoms with E-state index in [4.69, 9.17) is 24.8 Å². The van der Waals surface area contributed by atoms with E-state index in [1.165, 1.54) is 18.5 Å². The van der Waals surface area contributed by atoms with E-state index in [2.05, 4.69) is 9.97 Å². The Morgan fingerprint density at radius 2 is 1.77 bits per heavy atom. The SMILES string of the molecule is COc1cc2c(Oc3ccc(N)cc3F)ncnc2cc1OCC1CC2CN(OC(=O)c3ccccc3)CC2C1. The number of hydroxylamine groups is 2. The Hall–Kier alpha value is -4.44. The van der Waals surface area contributed by atoms with Gasteiger partial charge >= 0.3 is 5.97 Å². The lowest BCUT2D eigenvalue weighted by Gasteiger charge is -2.19. The topological polar surface area (TPSA) is 109 Å². The molecule has 4 aromatic rings. The maximum Gasteiger partial charge on any atom is 0.357 e. The largest absolute Gasteiger partial charge is 0.493 e. The van der Waals surface area contributed by atoms with Crippen LogP contribution in [0.15, 0.2) is 67.0 Å². The molecule has 2 N–H and O–H groups in total. The molecule has 40 heavy (non-hydrogen) atoms. The lowest BCUT2D eigenvalue weighted by atomic mass is 10.0. The number of aromatic nitrogens is 2. The molecule has 2 atom stereocenters. The average molecular weight is 545 g/mol. The van der Waals surface area contributed by atoms with Crippen molar-refractivity contribution in [2.45, 2.75) is 12.8 Å². The number of carbonyl (C=O) groups is 1. The van der Waals surface area contributed by atoms with Gasteiger partial charge < -0.3 is 24.8 Å². The van der Waals surface area contributed by atoms with Gasteiger partial charge in [-0.3, -0.25) is 0 Å². The van der Waals surface area contributed by atoms with Crippen molar-refractivity contribution in [2.75, 3.05) is 32.5 Å². The molecule has 2 fully saturated rings. The van der Waals surface area contributed by atoms with Crippen LogP contribution in [0.25, 0.3) is 10.9 Å². The monoisotopic (exact) mass is 544 g/mol. The van der Waals surface area contributed by atoms with Crippen molar-refractivity contribution in [3.05, 3.63) is 78.4 Å². The van der Waals surface area contributed by atoms with E-state index < -0.39 is 5.82 Å². The molecule has 0 bridgehead atoms. The summed E-state index contributed by atoms with van der Waals surface area (Å²) < 4.78 is 31.9. The molecule has 1 saturated heterocycles. The van der Waals surface area contributed by atoms with Crippen LogP contribution in [-0.2, 0) is 4.84 Å². The van der Waals surface area contributed by atoms with Crippen molar-refractivity contribution in [3.63, 3.8) is 0 Å². The van der Waals surface area contributed by atoms with Gasteiger partial charge in [0.15, 0.2) is 23.1 Å². The molecule has 1 aliphatic heterocycles. The predicted molar refractivity (Wildman–Crippen MR) is 146 cm³/mol. The van der Waals surface area contributed by atoms with Gasteiger partial charge in [-0.25, -0.2) is 19.2 Å². The zero-order chi connectivity index (χ0) is 27.6. The molecular weight excluding hydrogens is 515 g/mol. The normalized spacial score (nSPS) is 20.3. The quantitative estimate of drug-likeness (QED) is 0.297. The van der Waals surface area contributed by atoms with Crippen LogP contribution in [0.4, 0.5) is 10.1 Å². The van der Waals surface area contributed by atoms with Crippen molar-refractivity contribution in [1.82, 2.24) is 15.0 Å². The molecule has 10 heteroatoms. The Labute approximate surface area is 230 Å². The van der Waals surface area contributed by atoms with Gasteiger partial charge in [-0.2, -0.15) is 0 Å². The Balaban J connectivity index is 1.09. The highest BCUT2D eigenvalue weighted by molar-refractivity contribution is 5.89. The van der Waals surface area contributed by atoms with Crippen molar-refractivity contribution in [3.8, 4) is 23.1 Å². The lowest BCUT2D eigenvalue weighted by molar-refractivity contribution is -0.0987. The van der Waals surface area contributed by atoms with Crippen LogP contribution in [-0.4, -0.2) is 47.8 Å². The van der Waals surface area contributed by atoms with Gasteiger partial charge in [0, 0.05) is 30.9 Å². The Bertz CT molecular complexity index is 1520. The number of ether oxygens (including phenoxy) is 3. The first kappa shape index (κ1) is 25.8. The van der Waals surface area contributed by atoms with E-state index in [9.17, 15) is 9.18 Å². The number of rotatable bonds is 8. The fraction of sp³-hybridized carbons (Fsp3) is 0.300. The third-order valence-electron chi connectivity index (χ3n) is 7.56. The van der Waals surface area contributed by atoms with Gasteiger partial charge in [0.1, 0.15) is 6.33 Å². The Kier molecular flexibility index (Phi) is 7.08. The fourth-order valence-corrected chi connectivity index (χ4v) is 5.64. The Morgan fingerprint density at radius 1 is 1.00 bits per heavy atom. The van der Waals surface area contributed by atoms with Crippen molar-refractivity contribution >= 4 is 22.6 Å². The molecule has 9 nitrogen and oxygen atoms in total. The first-order chi connectivity index (χ1) is 19.5. The Morgan fingerprint density at radius 3 is 2.50 bits per heavy atom. The number of anilines is 1. The average Bonchev–Trinajstić information content (AvgIpc) is 3.51. The van der Waals surface area contributed by atoms with Gasteiger partial charge in [-0.1, -0.05) is 18.2 Å². The van der Waals surface area contributed by atoms with E-state index in [0.717, 1.165) is 25.9 Å². The summed E-state index contributed by atoms with van der Waals surface area (Å²) in [5, 5.41) is 2.35. The molecule has 206 valence electrons. The first-order valence-electron chi connectivity index (χ1n) is 13.2. The summed E-state index contributed by atoms with van der Waals surface area (Å²) in [5.74, 6) is 1.65. The maximum atomic E-state index is 14.3. The zero-order valence-corrected chi connectivity index (χ0v) is 22.0. The van der Waals surface area contributed by atoms with Gasteiger partial charge in [0.05, 0.1) is 30.2 Å². The second kappa shape index (κ2) is 11.0. The maximum absolute atomic E-state index is 14.3. The number of benzene rings is 3. The minimum Gasteiger partial charge on any atom is -0.493 e. The number of fused-ring (bicyclic) bond motifs is 2. The van der Waals surface area contributed by atoms with Gasteiger partial charge in [-0.15, -0.1) is 5.06 Å². The number of nitrogens with two attached hydrogens (primary N) is 1. The standard InChI is InChI=1S/C30H29FN4O5/c1-37-27-12-23-25(33-17-34-29(23)39-26-8-7-22(32)11-24(26)31)13-28(27)38-16-18-9-20-14-35(15-21(20)10-18)40-30(36)19-5-3-2-4-6-19/h2-8,11-13,17-18,20-21H,9-10,14-16,32H2,1H3. The van der Waals surface area contributed by atoms with Crippen LogP contribution in [0.3, 0.4) is 0 Å². The molecule has 1 aliphatic carbocycles. The van der Waals surface area contributed by atoms with Crippen LogP contribution in [0, 0.1) is 23.6 Å². The smallest absolute Gasteiger partial charge is 0.357 e. The number of hydrogen-bond donors (Lipinski definition) is 1. The lowest BCUT2D eigenvalue weighted by Crippen LogP contribution is -2.27. The van der Waals surface area contributed by atoms with Crippen molar-refractivity contribution in [2.24, 2.45) is 17.8 Å². The number of nitrogens with zero attached hydrogens (tertiary/aromatic N) is 3. The molecule has 2 aliphatic rings. The van der Waals surface area contributed by atoms with Crippen LogP contribution >= 0.6 is 0 Å². The molecule has 0 amide bonds. The first-order valence-corrected chi connectivity index (χ1v) is 13.2. The number of nitrogen functional groups attached to an aromatic ring is 1. The minimum atomic E-state index is -0.586. The van der Waals surface area contributed by atoms with E-state index in [0.29, 0.717) is 58.0 Å². The molecule has 2 unspecified atom stereocenters.